The number of halogens is 2. The highest BCUT2D eigenvalue weighted by Gasteiger charge is 2.09. The maximum absolute atomic E-state index is 7.50. The third-order valence-electron chi connectivity index (χ3n) is 2.14. The summed E-state index contributed by atoms with van der Waals surface area (Å²) in [7, 11) is 0. The molecule has 0 aliphatic rings. The van der Waals surface area contributed by atoms with E-state index in [1.54, 1.807) is 36.7 Å². The van der Waals surface area contributed by atoms with Gasteiger partial charge in [0.25, 0.3) is 0 Å². The van der Waals surface area contributed by atoms with Crippen LogP contribution in [0.5, 0.6) is 11.5 Å². The van der Waals surface area contributed by atoms with Crippen LogP contribution in [0.15, 0.2) is 41.1 Å². The highest BCUT2D eigenvalue weighted by Crippen LogP contribution is 2.28. The molecule has 0 aliphatic carbocycles. The molecule has 4 nitrogen and oxygen atoms in total. The third-order valence-corrected chi connectivity index (χ3v) is 2.81. The number of nitrogen functional groups attached to an aromatic ring is 1. The van der Waals surface area contributed by atoms with E-state index in [9.17, 15) is 0 Å². The van der Waals surface area contributed by atoms with Crippen LogP contribution >= 0.6 is 27.5 Å². The number of nitrogens with one attached hydrogen (secondary N) is 1. The molecule has 2 aromatic rings. The van der Waals surface area contributed by atoms with Crippen LogP contribution in [-0.2, 0) is 0 Å². The zero-order chi connectivity index (χ0) is 13.1. The van der Waals surface area contributed by atoms with E-state index in [4.69, 9.17) is 27.5 Å². The van der Waals surface area contributed by atoms with Crippen LogP contribution in [0.3, 0.4) is 0 Å². The Kier molecular flexibility index (Phi) is 3.84. The number of amidine groups is 1. The summed E-state index contributed by atoms with van der Waals surface area (Å²) in [5.41, 5.74) is 5.93. The average Bonchev–Trinajstić information content (AvgIpc) is 2.31. The van der Waals surface area contributed by atoms with E-state index in [0.29, 0.717) is 22.1 Å². The molecule has 18 heavy (non-hydrogen) atoms. The molecule has 0 saturated heterocycles. The Bertz CT molecular complexity index is 604. The number of benzene rings is 1. The topological polar surface area (TPSA) is 72.0 Å². The summed E-state index contributed by atoms with van der Waals surface area (Å²) >= 11 is 9.17. The molecule has 1 aromatic carbocycles. The number of hydrogen-bond donors (Lipinski definition) is 2. The Morgan fingerprint density at radius 1 is 1.33 bits per heavy atom. The summed E-state index contributed by atoms with van der Waals surface area (Å²) in [6.45, 7) is 0. The predicted molar refractivity (Wildman–Crippen MR) is 74.5 cm³/mol. The minimum Gasteiger partial charge on any atom is -0.455 e. The van der Waals surface area contributed by atoms with Crippen molar-refractivity contribution in [1.82, 2.24) is 4.98 Å². The molecule has 0 bridgehead atoms. The van der Waals surface area contributed by atoms with Gasteiger partial charge in [0, 0.05) is 15.7 Å². The summed E-state index contributed by atoms with van der Waals surface area (Å²) in [6.07, 6.45) is 3.23. The second-order valence-electron chi connectivity index (χ2n) is 3.50. The first-order valence-electron chi connectivity index (χ1n) is 4.98. The second kappa shape index (κ2) is 5.37. The lowest BCUT2D eigenvalue weighted by Crippen LogP contribution is -2.12. The fourth-order valence-electron chi connectivity index (χ4n) is 1.38. The lowest BCUT2D eigenvalue weighted by atomic mass is 10.2. The molecular weight excluding hydrogens is 318 g/mol. The van der Waals surface area contributed by atoms with E-state index >= 15 is 0 Å². The van der Waals surface area contributed by atoms with Crippen LogP contribution in [0.2, 0.25) is 5.02 Å². The van der Waals surface area contributed by atoms with E-state index in [-0.39, 0.29) is 5.84 Å². The largest absolute Gasteiger partial charge is 0.455 e. The van der Waals surface area contributed by atoms with Crippen molar-refractivity contribution in [3.8, 4) is 11.5 Å². The van der Waals surface area contributed by atoms with Crippen molar-refractivity contribution in [1.29, 1.82) is 5.41 Å². The number of ether oxygens (including phenoxy) is 1. The molecule has 1 aromatic heterocycles. The van der Waals surface area contributed by atoms with Crippen molar-refractivity contribution in [2.24, 2.45) is 5.73 Å². The molecule has 0 radical (unpaired) electrons. The number of rotatable bonds is 3. The molecule has 0 aliphatic heterocycles. The molecule has 0 atom stereocenters. The van der Waals surface area contributed by atoms with Gasteiger partial charge in [-0.25, -0.2) is 0 Å². The normalized spacial score (nSPS) is 10.1. The molecular formula is C12H9BrClN3O. The van der Waals surface area contributed by atoms with Crippen LogP contribution in [0.1, 0.15) is 5.56 Å². The van der Waals surface area contributed by atoms with Gasteiger partial charge >= 0.3 is 0 Å². The molecule has 0 fully saturated rings. The van der Waals surface area contributed by atoms with Crippen molar-refractivity contribution in [3.05, 3.63) is 51.7 Å². The fraction of sp³-hybridized carbons (Fsp3) is 0. The Labute approximate surface area is 117 Å². The standard InChI is InChI=1S/C12H9BrClN3O/c13-7-3-9(6-17-5-7)18-11-2-1-8(14)4-10(11)12(15)16/h1-6H,(H3,15,16). The number of nitrogens with zero attached hydrogens (tertiary/aromatic N) is 1. The first-order chi connectivity index (χ1) is 8.56. The maximum atomic E-state index is 7.50. The van der Waals surface area contributed by atoms with Crippen molar-refractivity contribution < 1.29 is 4.74 Å². The van der Waals surface area contributed by atoms with Crippen LogP contribution in [0.25, 0.3) is 0 Å². The smallest absolute Gasteiger partial charge is 0.146 e. The number of hydrogen-bond acceptors (Lipinski definition) is 3. The molecule has 2 rings (SSSR count). The average molecular weight is 327 g/mol. The van der Waals surface area contributed by atoms with Crippen LogP contribution in [0.4, 0.5) is 0 Å². The third kappa shape index (κ3) is 3.00. The maximum Gasteiger partial charge on any atom is 0.146 e. The van der Waals surface area contributed by atoms with Gasteiger partial charge in [0.15, 0.2) is 0 Å². The highest BCUT2D eigenvalue weighted by molar-refractivity contribution is 9.10. The zero-order valence-corrected chi connectivity index (χ0v) is 11.5. The summed E-state index contributed by atoms with van der Waals surface area (Å²) in [6, 6.07) is 6.70. The summed E-state index contributed by atoms with van der Waals surface area (Å²) in [4.78, 5) is 3.99. The van der Waals surface area contributed by atoms with Gasteiger partial charge in [0.05, 0.1) is 11.8 Å². The number of pyridine rings is 1. The van der Waals surface area contributed by atoms with Gasteiger partial charge in [-0.1, -0.05) is 11.6 Å². The van der Waals surface area contributed by atoms with Crippen molar-refractivity contribution in [2.45, 2.75) is 0 Å². The lowest BCUT2D eigenvalue weighted by molar-refractivity contribution is 0.479. The van der Waals surface area contributed by atoms with Crippen molar-refractivity contribution in [2.75, 3.05) is 0 Å². The van der Waals surface area contributed by atoms with E-state index in [0.717, 1.165) is 4.47 Å². The Morgan fingerprint density at radius 2 is 2.11 bits per heavy atom. The fourth-order valence-corrected chi connectivity index (χ4v) is 1.89. The Hall–Kier alpha value is -1.59. The van der Waals surface area contributed by atoms with Crippen molar-refractivity contribution in [3.63, 3.8) is 0 Å². The number of aromatic nitrogens is 1. The van der Waals surface area contributed by atoms with Crippen LogP contribution in [0, 0.1) is 5.41 Å². The molecule has 3 N–H and O–H groups in total. The van der Waals surface area contributed by atoms with Gasteiger partial charge in [0.2, 0.25) is 0 Å². The minimum absolute atomic E-state index is 0.101. The summed E-state index contributed by atoms with van der Waals surface area (Å²) < 4.78 is 6.44. The Morgan fingerprint density at radius 3 is 2.78 bits per heavy atom. The van der Waals surface area contributed by atoms with Crippen molar-refractivity contribution >= 4 is 33.4 Å². The quantitative estimate of drug-likeness (QED) is 0.669. The second-order valence-corrected chi connectivity index (χ2v) is 4.85. The van der Waals surface area contributed by atoms with Gasteiger partial charge in [-0.3, -0.25) is 10.4 Å². The highest BCUT2D eigenvalue weighted by atomic mass is 79.9. The lowest BCUT2D eigenvalue weighted by Gasteiger charge is -2.10. The molecule has 0 saturated carbocycles. The minimum atomic E-state index is -0.101. The van der Waals surface area contributed by atoms with Crippen LogP contribution < -0.4 is 10.5 Å². The monoisotopic (exact) mass is 325 g/mol. The molecule has 0 amide bonds. The molecule has 92 valence electrons. The molecule has 6 heteroatoms. The van der Waals surface area contributed by atoms with Gasteiger partial charge in [0.1, 0.15) is 17.3 Å². The zero-order valence-electron chi connectivity index (χ0n) is 9.15. The first-order valence-corrected chi connectivity index (χ1v) is 6.15. The van der Waals surface area contributed by atoms with Gasteiger partial charge in [-0.15, -0.1) is 0 Å². The van der Waals surface area contributed by atoms with E-state index in [1.165, 1.54) is 0 Å². The number of nitrogens with two attached hydrogens (primary N) is 1. The van der Waals surface area contributed by atoms with E-state index in [2.05, 4.69) is 20.9 Å². The van der Waals surface area contributed by atoms with Gasteiger partial charge in [-0.2, -0.15) is 0 Å². The van der Waals surface area contributed by atoms with Gasteiger partial charge in [-0.05, 0) is 40.2 Å². The van der Waals surface area contributed by atoms with Gasteiger partial charge < -0.3 is 10.5 Å². The first kappa shape index (κ1) is 12.9. The molecule has 0 unspecified atom stereocenters. The van der Waals surface area contributed by atoms with E-state index < -0.39 is 0 Å². The SMILES string of the molecule is N=C(N)c1cc(Cl)ccc1Oc1cncc(Br)c1. The summed E-state index contributed by atoms with van der Waals surface area (Å²) in [5, 5.41) is 8.00. The van der Waals surface area contributed by atoms with E-state index in [1.807, 2.05) is 0 Å². The summed E-state index contributed by atoms with van der Waals surface area (Å²) in [5.74, 6) is 0.913. The molecule has 0 spiro atoms. The Balaban J connectivity index is 2.37. The molecule has 1 heterocycles. The van der Waals surface area contributed by atoms with Crippen LogP contribution in [-0.4, -0.2) is 10.8 Å². The predicted octanol–water partition coefficient (Wildman–Crippen LogP) is 3.57.